The van der Waals surface area contributed by atoms with Crippen molar-refractivity contribution in [3.8, 4) is 0 Å². The quantitative estimate of drug-likeness (QED) is 0.861. The van der Waals surface area contributed by atoms with Crippen molar-refractivity contribution in [3.63, 3.8) is 0 Å². The first-order chi connectivity index (χ1) is 10.3. The van der Waals surface area contributed by atoms with Crippen LogP contribution in [-0.2, 0) is 19.6 Å². The van der Waals surface area contributed by atoms with Crippen LogP contribution in [0, 0.1) is 5.82 Å². The highest BCUT2D eigenvalue weighted by molar-refractivity contribution is 7.88. The number of halogens is 1. The molecule has 1 aromatic rings. The standard InChI is InChI=1S/C14H19FN2O4S/c1-22(19,20)16-7-6-14(18)17-8-9-21-13(10-17)11-2-4-12(15)5-3-11/h2-5,13,16H,6-10H2,1H3/t13-/m1/s1. The Hall–Kier alpha value is -1.51. The van der Waals surface area contributed by atoms with E-state index in [1.165, 1.54) is 12.1 Å². The Kier molecular flexibility index (Phi) is 5.49. The van der Waals surface area contributed by atoms with E-state index in [9.17, 15) is 17.6 Å². The van der Waals surface area contributed by atoms with Crippen molar-refractivity contribution in [3.05, 3.63) is 35.6 Å². The lowest BCUT2D eigenvalue weighted by molar-refractivity contribution is -0.138. The van der Waals surface area contributed by atoms with Crippen LogP contribution in [0.2, 0.25) is 0 Å². The Labute approximate surface area is 129 Å². The fraction of sp³-hybridized carbons (Fsp3) is 0.500. The molecule has 122 valence electrons. The Morgan fingerprint density at radius 3 is 2.73 bits per heavy atom. The number of sulfonamides is 1. The minimum Gasteiger partial charge on any atom is -0.370 e. The number of hydrogen-bond donors (Lipinski definition) is 1. The largest absolute Gasteiger partial charge is 0.370 e. The maximum absolute atomic E-state index is 12.9. The fourth-order valence-corrected chi connectivity index (χ4v) is 2.73. The van der Waals surface area contributed by atoms with Gasteiger partial charge in [-0.15, -0.1) is 0 Å². The zero-order valence-corrected chi connectivity index (χ0v) is 13.1. The van der Waals surface area contributed by atoms with Crippen LogP contribution in [0.5, 0.6) is 0 Å². The molecule has 1 fully saturated rings. The average molecular weight is 330 g/mol. The van der Waals surface area contributed by atoms with Gasteiger partial charge in [-0.25, -0.2) is 17.5 Å². The smallest absolute Gasteiger partial charge is 0.224 e. The summed E-state index contributed by atoms with van der Waals surface area (Å²) in [5.74, 6) is -0.453. The van der Waals surface area contributed by atoms with Gasteiger partial charge in [0.1, 0.15) is 11.9 Å². The molecule has 1 saturated heterocycles. The molecule has 1 aliphatic heterocycles. The van der Waals surface area contributed by atoms with Crippen molar-refractivity contribution in [1.29, 1.82) is 0 Å². The monoisotopic (exact) mass is 330 g/mol. The van der Waals surface area contributed by atoms with Gasteiger partial charge in [0.05, 0.1) is 19.4 Å². The lowest BCUT2D eigenvalue weighted by Crippen LogP contribution is -2.43. The molecule has 0 unspecified atom stereocenters. The van der Waals surface area contributed by atoms with Crippen molar-refractivity contribution in [2.24, 2.45) is 0 Å². The number of carbonyl (C=O) groups is 1. The number of morpholine rings is 1. The zero-order valence-electron chi connectivity index (χ0n) is 12.3. The molecule has 1 atom stereocenters. The zero-order chi connectivity index (χ0) is 16.2. The third-order valence-corrected chi connectivity index (χ3v) is 4.09. The van der Waals surface area contributed by atoms with Crippen LogP contribution in [-0.4, -0.2) is 51.7 Å². The second kappa shape index (κ2) is 7.17. The number of hydrogen-bond acceptors (Lipinski definition) is 4. The van der Waals surface area contributed by atoms with E-state index in [2.05, 4.69) is 4.72 Å². The molecule has 0 saturated carbocycles. The van der Waals surface area contributed by atoms with Crippen molar-refractivity contribution in [2.45, 2.75) is 12.5 Å². The van der Waals surface area contributed by atoms with Crippen molar-refractivity contribution < 1.29 is 22.3 Å². The number of nitrogens with zero attached hydrogens (tertiary/aromatic N) is 1. The lowest BCUT2D eigenvalue weighted by atomic mass is 10.1. The van der Waals surface area contributed by atoms with Gasteiger partial charge in [-0.2, -0.15) is 0 Å². The lowest BCUT2D eigenvalue weighted by Gasteiger charge is -2.33. The SMILES string of the molecule is CS(=O)(=O)NCCC(=O)N1CCO[C@@H](c2ccc(F)cc2)C1. The molecular weight excluding hydrogens is 311 g/mol. The predicted octanol–water partition coefficient (Wildman–Crippen LogP) is 0.665. The van der Waals surface area contributed by atoms with E-state index in [0.717, 1.165) is 11.8 Å². The number of rotatable bonds is 5. The molecule has 6 nitrogen and oxygen atoms in total. The Bertz CT molecular complexity index is 618. The van der Waals surface area contributed by atoms with Crippen LogP contribution in [0.15, 0.2) is 24.3 Å². The summed E-state index contributed by atoms with van der Waals surface area (Å²) in [5, 5.41) is 0. The average Bonchev–Trinajstić information content (AvgIpc) is 2.47. The van der Waals surface area contributed by atoms with E-state index in [1.54, 1.807) is 17.0 Å². The van der Waals surface area contributed by atoms with Crippen LogP contribution >= 0.6 is 0 Å². The van der Waals surface area contributed by atoms with Crippen molar-refractivity contribution in [2.75, 3.05) is 32.5 Å². The third kappa shape index (κ3) is 5.04. The molecule has 0 aromatic heterocycles. The summed E-state index contributed by atoms with van der Waals surface area (Å²) >= 11 is 0. The maximum Gasteiger partial charge on any atom is 0.224 e. The first-order valence-electron chi connectivity index (χ1n) is 6.94. The number of nitrogens with one attached hydrogen (secondary N) is 1. The van der Waals surface area contributed by atoms with Gasteiger partial charge in [0.25, 0.3) is 0 Å². The Balaban J connectivity index is 1.89. The maximum atomic E-state index is 12.9. The highest BCUT2D eigenvalue weighted by atomic mass is 32.2. The Morgan fingerprint density at radius 1 is 1.41 bits per heavy atom. The summed E-state index contributed by atoms with van der Waals surface area (Å²) in [6.07, 6.45) is 0.862. The number of benzene rings is 1. The van der Waals surface area contributed by atoms with E-state index in [-0.39, 0.29) is 30.8 Å². The summed E-state index contributed by atoms with van der Waals surface area (Å²) in [6.45, 7) is 1.32. The van der Waals surface area contributed by atoms with Crippen molar-refractivity contribution >= 4 is 15.9 Å². The molecule has 1 aromatic carbocycles. The van der Waals surface area contributed by atoms with Gasteiger partial charge in [0.2, 0.25) is 15.9 Å². The highest BCUT2D eigenvalue weighted by Crippen LogP contribution is 2.22. The van der Waals surface area contributed by atoms with Gasteiger partial charge in [0, 0.05) is 19.5 Å². The van der Waals surface area contributed by atoms with Gasteiger partial charge in [-0.1, -0.05) is 12.1 Å². The van der Waals surface area contributed by atoms with Crippen LogP contribution in [0.4, 0.5) is 4.39 Å². The first-order valence-corrected chi connectivity index (χ1v) is 8.84. The van der Waals surface area contributed by atoms with Gasteiger partial charge in [0.15, 0.2) is 0 Å². The molecule has 1 N–H and O–H groups in total. The highest BCUT2D eigenvalue weighted by Gasteiger charge is 2.25. The van der Waals surface area contributed by atoms with Gasteiger partial charge in [-0.05, 0) is 17.7 Å². The second-order valence-corrected chi connectivity index (χ2v) is 7.00. The van der Waals surface area contributed by atoms with Crippen LogP contribution in [0.25, 0.3) is 0 Å². The van der Waals surface area contributed by atoms with Gasteiger partial charge < -0.3 is 9.64 Å². The number of ether oxygens (including phenoxy) is 1. The van der Waals surface area contributed by atoms with E-state index >= 15 is 0 Å². The molecule has 0 radical (unpaired) electrons. The summed E-state index contributed by atoms with van der Waals surface area (Å²) < 4.78 is 42.8. The normalized spacial score (nSPS) is 19.2. The first kappa shape index (κ1) is 16.9. The minimum absolute atomic E-state index is 0.0796. The summed E-state index contributed by atoms with van der Waals surface area (Å²) in [5.41, 5.74) is 0.813. The topological polar surface area (TPSA) is 75.7 Å². The molecule has 2 rings (SSSR count). The predicted molar refractivity (Wildman–Crippen MR) is 79.1 cm³/mol. The number of carbonyl (C=O) groups excluding carboxylic acids is 1. The van der Waals surface area contributed by atoms with Gasteiger partial charge >= 0.3 is 0 Å². The molecule has 22 heavy (non-hydrogen) atoms. The second-order valence-electron chi connectivity index (χ2n) is 5.17. The van der Waals surface area contributed by atoms with E-state index in [0.29, 0.717) is 19.7 Å². The van der Waals surface area contributed by atoms with E-state index in [4.69, 9.17) is 4.74 Å². The van der Waals surface area contributed by atoms with Crippen LogP contribution in [0.1, 0.15) is 18.1 Å². The van der Waals surface area contributed by atoms with E-state index < -0.39 is 10.0 Å². The fourth-order valence-electron chi connectivity index (χ4n) is 2.26. The summed E-state index contributed by atoms with van der Waals surface area (Å²) in [4.78, 5) is 13.7. The number of amides is 1. The molecule has 1 heterocycles. The molecule has 0 bridgehead atoms. The van der Waals surface area contributed by atoms with Crippen LogP contribution < -0.4 is 4.72 Å². The third-order valence-electron chi connectivity index (χ3n) is 3.36. The van der Waals surface area contributed by atoms with E-state index in [1.807, 2.05) is 0 Å². The summed E-state index contributed by atoms with van der Waals surface area (Å²) in [7, 11) is -3.29. The van der Waals surface area contributed by atoms with Gasteiger partial charge in [-0.3, -0.25) is 4.79 Å². The molecule has 8 heteroatoms. The summed E-state index contributed by atoms with van der Waals surface area (Å²) in [6, 6.07) is 5.99. The molecule has 0 spiro atoms. The Morgan fingerprint density at radius 2 is 2.09 bits per heavy atom. The molecular formula is C14H19FN2O4S. The molecule has 1 aliphatic rings. The molecule has 0 aliphatic carbocycles. The molecule has 1 amide bonds. The van der Waals surface area contributed by atoms with Crippen LogP contribution in [0.3, 0.4) is 0 Å². The minimum atomic E-state index is -3.29. The van der Waals surface area contributed by atoms with Crippen molar-refractivity contribution in [1.82, 2.24) is 9.62 Å².